The van der Waals surface area contributed by atoms with E-state index in [-0.39, 0.29) is 30.0 Å². The van der Waals surface area contributed by atoms with Gasteiger partial charge in [0.15, 0.2) is 5.82 Å². The zero-order valence-electron chi connectivity index (χ0n) is 21.8. The topological polar surface area (TPSA) is 80.6 Å². The number of pyridine rings is 1. The molecule has 0 aliphatic carbocycles. The van der Waals surface area contributed by atoms with Crippen molar-refractivity contribution >= 4 is 34.3 Å². The summed E-state index contributed by atoms with van der Waals surface area (Å²) in [6.45, 7) is 5.02. The molecule has 11 heteroatoms. The van der Waals surface area contributed by atoms with E-state index in [1.165, 1.54) is 32.8 Å². The van der Waals surface area contributed by atoms with E-state index in [0.29, 0.717) is 39.2 Å². The van der Waals surface area contributed by atoms with Crippen LogP contribution in [0.1, 0.15) is 36.7 Å². The summed E-state index contributed by atoms with van der Waals surface area (Å²) < 4.78 is 35.8. The molecular weight excluding hydrogens is 528 g/mol. The average molecular weight is 554 g/mol. The van der Waals surface area contributed by atoms with Crippen LogP contribution in [0.15, 0.2) is 48.8 Å². The lowest BCUT2D eigenvalue weighted by molar-refractivity contribution is -0.155. The van der Waals surface area contributed by atoms with Crippen LogP contribution in [-0.4, -0.2) is 56.0 Å². The second kappa shape index (κ2) is 10.3. The lowest BCUT2D eigenvalue weighted by atomic mass is 9.98. The molecule has 1 saturated heterocycles. The predicted molar refractivity (Wildman–Crippen MR) is 142 cm³/mol. The summed E-state index contributed by atoms with van der Waals surface area (Å²) in [7, 11) is 1.58. The highest BCUT2D eigenvalue weighted by molar-refractivity contribution is 6.31. The Kier molecular flexibility index (Phi) is 6.98. The fourth-order valence-electron chi connectivity index (χ4n) is 4.82. The number of rotatable bonds is 6. The average Bonchev–Trinajstić information content (AvgIpc) is 3.34. The summed E-state index contributed by atoms with van der Waals surface area (Å²) in [5, 5.41) is 4.90. The molecule has 2 atom stereocenters. The van der Waals surface area contributed by atoms with Gasteiger partial charge in [0.2, 0.25) is 11.8 Å². The highest BCUT2D eigenvalue weighted by atomic mass is 35.5. The van der Waals surface area contributed by atoms with Crippen molar-refractivity contribution in [2.24, 2.45) is 0 Å². The number of likely N-dealkylation sites (N-methyl/N-ethyl adjacent to an activating group) is 1. The largest absolute Gasteiger partial charge is 0.487 e. The van der Waals surface area contributed by atoms with Crippen LogP contribution in [0.5, 0.6) is 5.75 Å². The first kappa shape index (κ1) is 26.6. The van der Waals surface area contributed by atoms with E-state index < -0.39 is 23.7 Å². The molecule has 202 valence electrons. The van der Waals surface area contributed by atoms with Gasteiger partial charge in [-0.3, -0.25) is 9.59 Å². The molecular formula is C28H26ClF2N5O3. The molecule has 8 nitrogen and oxygen atoms in total. The molecule has 3 heterocycles. The Morgan fingerprint density at radius 1 is 1.18 bits per heavy atom. The van der Waals surface area contributed by atoms with Gasteiger partial charge in [-0.1, -0.05) is 23.7 Å². The molecule has 0 bridgehead atoms. The van der Waals surface area contributed by atoms with Gasteiger partial charge in [-0.15, -0.1) is 0 Å². The number of benzene rings is 2. The summed E-state index contributed by atoms with van der Waals surface area (Å²) in [5.41, 5.74) is 2.76. The van der Waals surface area contributed by atoms with Gasteiger partial charge in [-0.2, -0.15) is 5.10 Å². The lowest BCUT2D eigenvalue weighted by Gasteiger charge is -2.40. The molecule has 2 amide bonds. The molecule has 0 saturated carbocycles. The molecule has 0 spiro atoms. The molecule has 4 aromatic rings. The van der Waals surface area contributed by atoms with Crippen molar-refractivity contribution in [1.82, 2.24) is 24.6 Å². The molecule has 1 aliphatic heterocycles. The van der Waals surface area contributed by atoms with Gasteiger partial charge in [0, 0.05) is 23.7 Å². The second-order valence-electron chi connectivity index (χ2n) is 9.60. The first-order valence-corrected chi connectivity index (χ1v) is 12.7. The third kappa shape index (κ3) is 4.92. The lowest BCUT2D eigenvalue weighted by Crippen LogP contribution is -2.57. The summed E-state index contributed by atoms with van der Waals surface area (Å²) in [4.78, 5) is 33.0. The quantitative estimate of drug-likeness (QED) is 0.336. The molecule has 2 aromatic heterocycles. The number of halogens is 3. The van der Waals surface area contributed by atoms with Crippen molar-refractivity contribution in [2.75, 3.05) is 13.6 Å². The minimum Gasteiger partial charge on any atom is -0.487 e. The third-order valence-corrected chi connectivity index (χ3v) is 7.45. The van der Waals surface area contributed by atoms with Crippen LogP contribution in [0.4, 0.5) is 8.78 Å². The highest BCUT2D eigenvalue weighted by Gasteiger charge is 2.37. The Morgan fingerprint density at radius 3 is 2.67 bits per heavy atom. The van der Waals surface area contributed by atoms with Gasteiger partial charge in [-0.05, 0) is 50.6 Å². The van der Waals surface area contributed by atoms with Crippen LogP contribution in [-0.2, 0) is 16.2 Å². The zero-order valence-corrected chi connectivity index (χ0v) is 22.5. The first-order valence-electron chi connectivity index (χ1n) is 12.3. The molecule has 2 aromatic carbocycles. The fourth-order valence-corrected chi connectivity index (χ4v) is 5.09. The van der Waals surface area contributed by atoms with Crippen LogP contribution < -0.4 is 4.74 Å². The summed E-state index contributed by atoms with van der Waals surface area (Å²) in [6.07, 6.45) is 2.40. The van der Waals surface area contributed by atoms with Crippen molar-refractivity contribution in [3.05, 3.63) is 82.3 Å². The van der Waals surface area contributed by atoms with E-state index in [0.717, 1.165) is 6.20 Å². The highest BCUT2D eigenvalue weighted by Crippen LogP contribution is 2.34. The minimum absolute atomic E-state index is 0.0509. The predicted octanol–water partition coefficient (Wildman–Crippen LogP) is 4.99. The monoisotopic (exact) mass is 553 g/mol. The maximum absolute atomic E-state index is 14.5. The summed E-state index contributed by atoms with van der Waals surface area (Å²) in [6, 6.07) is 8.37. The Morgan fingerprint density at radius 2 is 1.95 bits per heavy atom. The van der Waals surface area contributed by atoms with E-state index in [4.69, 9.17) is 16.3 Å². The molecule has 1 aliphatic rings. The molecule has 5 rings (SSSR count). The first-order chi connectivity index (χ1) is 18.5. The van der Waals surface area contributed by atoms with Crippen molar-refractivity contribution in [2.45, 2.75) is 39.5 Å². The molecule has 1 unspecified atom stereocenters. The van der Waals surface area contributed by atoms with E-state index in [2.05, 4.69) is 10.1 Å². The number of para-hydroxylation sites is 1. The van der Waals surface area contributed by atoms with Crippen LogP contribution in [0.2, 0.25) is 5.02 Å². The number of piperazine rings is 1. The number of aromatic nitrogens is 3. The number of carbonyl (C=O) groups is 2. The number of carbonyl (C=O) groups excluding carboxylic acids is 2. The molecule has 0 radical (unpaired) electrons. The van der Waals surface area contributed by atoms with Crippen LogP contribution in [0.25, 0.3) is 16.6 Å². The second-order valence-corrected chi connectivity index (χ2v) is 10.0. The molecule has 1 fully saturated rings. The van der Waals surface area contributed by atoms with Crippen molar-refractivity contribution in [3.63, 3.8) is 0 Å². The van der Waals surface area contributed by atoms with Crippen LogP contribution >= 0.6 is 11.6 Å². The zero-order chi connectivity index (χ0) is 28.0. The van der Waals surface area contributed by atoms with E-state index >= 15 is 0 Å². The van der Waals surface area contributed by atoms with Gasteiger partial charge in [0.05, 0.1) is 29.1 Å². The number of hydrogen-bond donors (Lipinski definition) is 0. The summed E-state index contributed by atoms with van der Waals surface area (Å²) >= 11 is 6.49. The third-order valence-electron chi connectivity index (χ3n) is 7.11. The summed E-state index contributed by atoms with van der Waals surface area (Å²) in [5.74, 6) is -1.05. The van der Waals surface area contributed by atoms with Gasteiger partial charge in [-0.25, -0.2) is 18.4 Å². The van der Waals surface area contributed by atoms with Crippen molar-refractivity contribution in [3.8, 4) is 11.4 Å². The van der Waals surface area contributed by atoms with E-state index in [9.17, 15) is 18.4 Å². The normalized spacial score (nSPS) is 16.7. The van der Waals surface area contributed by atoms with Gasteiger partial charge >= 0.3 is 0 Å². The van der Waals surface area contributed by atoms with Gasteiger partial charge in [0.25, 0.3) is 0 Å². The Bertz CT molecular complexity index is 1610. The van der Waals surface area contributed by atoms with Crippen molar-refractivity contribution < 1.29 is 23.1 Å². The van der Waals surface area contributed by atoms with Crippen LogP contribution in [0, 0.1) is 18.6 Å². The number of hydrogen-bond acceptors (Lipinski definition) is 5. The van der Waals surface area contributed by atoms with Crippen LogP contribution in [0.3, 0.4) is 0 Å². The number of ether oxygens (including phenoxy) is 1. The van der Waals surface area contributed by atoms with E-state index in [1.807, 2.05) is 13.0 Å². The Labute approximate surface area is 228 Å². The number of fused-ring (bicyclic) bond motifs is 1. The van der Waals surface area contributed by atoms with E-state index in [1.54, 1.807) is 39.1 Å². The standard InChI is InChI=1S/C28H26ClF2N5O3/c1-15-8-24(36-12-19(31)11-32-36)20-6-5-7-25(27(20)33-15)39-14-22-21(9-18(30)10-23(22)29)16(2)35-13-26(37)34(4)17(3)28(35)38/h5-12,16-17H,13-14H2,1-4H3/t16-,17?/m0/s1. The number of nitrogens with zero attached hydrogens (tertiary/aromatic N) is 5. The molecule has 0 N–H and O–H groups in total. The number of amides is 2. The number of aryl methyl sites for hydroxylation is 1. The fraction of sp³-hybridized carbons (Fsp3) is 0.286. The minimum atomic E-state index is -0.640. The van der Waals surface area contributed by atoms with Crippen molar-refractivity contribution in [1.29, 1.82) is 0 Å². The Hall–Kier alpha value is -4.05. The van der Waals surface area contributed by atoms with Gasteiger partial charge in [0.1, 0.15) is 36.3 Å². The maximum Gasteiger partial charge on any atom is 0.246 e. The Balaban J connectivity index is 1.50. The molecule has 39 heavy (non-hydrogen) atoms. The smallest absolute Gasteiger partial charge is 0.246 e. The SMILES string of the molecule is Cc1cc(-n2cc(F)cn2)c2cccc(OCc3c(Cl)cc(F)cc3[C@H](C)N3CC(=O)N(C)C(C)C3=O)c2n1. The van der Waals surface area contributed by atoms with Gasteiger partial charge < -0.3 is 14.5 Å². The maximum atomic E-state index is 14.5.